The van der Waals surface area contributed by atoms with Crippen LogP contribution in [0.25, 0.3) is 0 Å². The molecule has 0 bridgehead atoms. The fraction of sp³-hybridized carbons (Fsp3) is 0.333. The molecule has 2 N–H and O–H groups in total. The second-order valence-corrected chi connectivity index (χ2v) is 1.65. The van der Waals surface area contributed by atoms with Crippen LogP contribution < -0.4 is 10.6 Å². The van der Waals surface area contributed by atoms with E-state index in [2.05, 4.69) is 10.6 Å². The van der Waals surface area contributed by atoms with E-state index in [0.29, 0.717) is 0 Å². The lowest BCUT2D eigenvalue weighted by Gasteiger charge is -1.90. The van der Waals surface area contributed by atoms with Gasteiger partial charge in [0.2, 0.25) is 11.8 Å². The molecule has 0 aromatic rings. The van der Waals surface area contributed by atoms with Crippen LogP contribution in [0.2, 0.25) is 0 Å². The number of likely N-dealkylation sites (N-methyl/N-ethyl adjacent to an activating group) is 1. The molecule has 0 heterocycles. The van der Waals surface area contributed by atoms with Crippen LogP contribution in [-0.4, -0.2) is 18.9 Å². The van der Waals surface area contributed by atoms with Gasteiger partial charge in [-0.3, -0.25) is 9.59 Å². The summed E-state index contributed by atoms with van der Waals surface area (Å²) in [5.41, 5.74) is 0. The average molecular weight is 142 g/mol. The first-order valence-corrected chi connectivity index (χ1v) is 2.82. The zero-order valence-electron chi connectivity index (χ0n) is 5.97. The van der Waals surface area contributed by atoms with Gasteiger partial charge in [-0.2, -0.15) is 0 Å². The molecule has 0 unspecified atom stereocenters. The van der Waals surface area contributed by atoms with Crippen LogP contribution in [0.4, 0.5) is 0 Å². The summed E-state index contributed by atoms with van der Waals surface area (Å²) >= 11 is 0. The number of rotatable bonds is 2. The molecule has 0 rings (SSSR count). The summed E-state index contributed by atoms with van der Waals surface area (Å²) in [6, 6.07) is 0. The molecule has 0 aromatic carbocycles. The van der Waals surface area contributed by atoms with Crippen molar-refractivity contribution in [1.82, 2.24) is 10.6 Å². The zero-order valence-corrected chi connectivity index (χ0v) is 5.97. The molecular formula is C6H10N2O2. The Morgan fingerprint density at radius 2 is 2.00 bits per heavy atom. The second-order valence-electron chi connectivity index (χ2n) is 1.65. The molecule has 0 aromatic heterocycles. The third-order valence-electron chi connectivity index (χ3n) is 0.768. The summed E-state index contributed by atoms with van der Waals surface area (Å²) in [6.45, 7) is 1.37. The lowest BCUT2D eigenvalue weighted by molar-refractivity contribution is -0.118. The molecule has 10 heavy (non-hydrogen) atoms. The minimum atomic E-state index is -0.242. The molecule has 0 radical (unpaired) electrons. The van der Waals surface area contributed by atoms with Gasteiger partial charge >= 0.3 is 0 Å². The number of carbonyl (C=O) groups excluding carboxylic acids is 2. The standard InChI is InChI=1S/C6H10N2O2/c1-5(9)8-4-3-6(10)7-2/h3-4H,1-2H3,(H,7,10)(H,8,9)/b4-3+. The van der Waals surface area contributed by atoms with Gasteiger partial charge < -0.3 is 10.6 Å². The van der Waals surface area contributed by atoms with Crippen molar-refractivity contribution >= 4 is 11.8 Å². The molecule has 2 amide bonds. The van der Waals surface area contributed by atoms with E-state index < -0.39 is 0 Å². The van der Waals surface area contributed by atoms with E-state index in [1.165, 1.54) is 26.2 Å². The van der Waals surface area contributed by atoms with E-state index in [1.54, 1.807) is 0 Å². The highest BCUT2D eigenvalue weighted by atomic mass is 16.2. The highest BCUT2D eigenvalue weighted by molar-refractivity contribution is 5.87. The highest BCUT2D eigenvalue weighted by Crippen LogP contribution is 1.67. The summed E-state index contributed by atoms with van der Waals surface area (Å²) < 4.78 is 0. The third-order valence-corrected chi connectivity index (χ3v) is 0.768. The molecule has 0 aliphatic rings. The maximum atomic E-state index is 10.4. The fourth-order valence-electron chi connectivity index (χ4n) is 0.318. The van der Waals surface area contributed by atoms with Crippen molar-refractivity contribution in [2.75, 3.05) is 7.05 Å². The van der Waals surface area contributed by atoms with Crippen molar-refractivity contribution < 1.29 is 9.59 Å². The van der Waals surface area contributed by atoms with Crippen LogP contribution in [0.3, 0.4) is 0 Å². The first-order chi connectivity index (χ1) is 4.66. The highest BCUT2D eigenvalue weighted by Gasteiger charge is 1.87. The fourth-order valence-corrected chi connectivity index (χ4v) is 0.318. The van der Waals surface area contributed by atoms with Crippen LogP contribution in [-0.2, 0) is 9.59 Å². The molecule has 4 heteroatoms. The Morgan fingerprint density at radius 3 is 2.40 bits per heavy atom. The lowest BCUT2D eigenvalue weighted by atomic mass is 10.5. The minimum absolute atomic E-state index is 0.194. The number of hydrogen-bond donors (Lipinski definition) is 2. The van der Waals surface area contributed by atoms with Gasteiger partial charge in [-0.1, -0.05) is 0 Å². The van der Waals surface area contributed by atoms with Gasteiger partial charge in [-0.15, -0.1) is 0 Å². The predicted octanol–water partition coefficient (Wildman–Crippen LogP) is -0.618. The molecule has 0 fully saturated rings. The van der Waals surface area contributed by atoms with Gasteiger partial charge in [0, 0.05) is 26.2 Å². The number of amides is 2. The molecule has 0 aliphatic heterocycles. The third kappa shape index (κ3) is 4.83. The van der Waals surface area contributed by atoms with E-state index >= 15 is 0 Å². The number of nitrogens with one attached hydrogen (secondary N) is 2. The quantitative estimate of drug-likeness (QED) is 0.505. The number of hydrogen-bond acceptors (Lipinski definition) is 2. The largest absolute Gasteiger partial charge is 0.356 e. The van der Waals surface area contributed by atoms with Crippen LogP contribution >= 0.6 is 0 Å². The van der Waals surface area contributed by atoms with Crippen molar-refractivity contribution in [3.63, 3.8) is 0 Å². The summed E-state index contributed by atoms with van der Waals surface area (Å²) in [7, 11) is 1.51. The van der Waals surface area contributed by atoms with E-state index in [1.807, 2.05) is 0 Å². The summed E-state index contributed by atoms with van der Waals surface area (Å²) in [4.78, 5) is 20.7. The summed E-state index contributed by atoms with van der Waals surface area (Å²) in [5, 5.41) is 4.69. The molecule has 4 nitrogen and oxygen atoms in total. The minimum Gasteiger partial charge on any atom is -0.356 e. The summed E-state index contributed by atoms with van der Waals surface area (Å²) in [6.07, 6.45) is 2.53. The van der Waals surface area contributed by atoms with Crippen molar-refractivity contribution in [2.24, 2.45) is 0 Å². The molecule has 56 valence electrons. The van der Waals surface area contributed by atoms with E-state index in [4.69, 9.17) is 0 Å². The molecule has 0 saturated heterocycles. The van der Waals surface area contributed by atoms with E-state index in [0.717, 1.165) is 0 Å². The zero-order chi connectivity index (χ0) is 7.98. The van der Waals surface area contributed by atoms with E-state index in [9.17, 15) is 9.59 Å². The van der Waals surface area contributed by atoms with Crippen molar-refractivity contribution in [3.05, 3.63) is 12.3 Å². The Labute approximate surface area is 59.3 Å². The molecule has 0 atom stereocenters. The Bertz CT molecular complexity index is 163. The van der Waals surface area contributed by atoms with Crippen LogP contribution in [0.15, 0.2) is 12.3 Å². The normalized spacial score (nSPS) is 9.40. The molecule has 0 spiro atoms. The van der Waals surface area contributed by atoms with Crippen molar-refractivity contribution in [1.29, 1.82) is 0 Å². The summed E-state index contributed by atoms with van der Waals surface area (Å²) in [5.74, 6) is -0.436. The van der Waals surface area contributed by atoms with Gasteiger partial charge in [-0.05, 0) is 0 Å². The van der Waals surface area contributed by atoms with Gasteiger partial charge in [-0.25, -0.2) is 0 Å². The maximum Gasteiger partial charge on any atom is 0.245 e. The van der Waals surface area contributed by atoms with Gasteiger partial charge in [0.1, 0.15) is 0 Å². The van der Waals surface area contributed by atoms with Crippen molar-refractivity contribution in [2.45, 2.75) is 6.92 Å². The van der Waals surface area contributed by atoms with Crippen molar-refractivity contribution in [3.8, 4) is 0 Å². The number of carbonyl (C=O) groups is 2. The first-order valence-electron chi connectivity index (χ1n) is 2.82. The van der Waals surface area contributed by atoms with E-state index in [-0.39, 0.29) is 11.8 Å². The van der Waals surface area contributed by atoms with Gasteiger partial charge in [0.25, 0.3) is 0 Å². The Morgan fingerprint density at radius 1 is 1.40 bits per heavy atom. The lowest BCUT2D eigenvalue weighted by Crippen LogP contribution is -2.17. The monoisotopic (exact) mass is 142 g/mol. The Kier molecular flexibility index (Phi) is 3.95. The van der Waals surface area contributed by atoms with Gasteiger partial charge in [0.15, 0.2) is 0 Å². The Balaban J connectivity index is 3.56. The molecule has 0 saturated carbocycles. The first kappa shape index (κ1) is 8.68. The van der Waals surface area contributed by atoms with Crippen LogP contribution in [0.5, 0.6) is 0 Å². The maximum absolute atomic E-state index is 10.4. The van der Waals surface area contributed by atoms with Crippen LogP contribution in [0, 0.1) is 0 Å². The smallest absolute Gasteiger partial charge is 0.245 e. The average Bonchev–Trinajstić information content (AvgIpc) is 1.87. The van der Waals surface area contributed by atoms with Gasteiger partial charge in [0.05, 0.1) is 0 Å². The van der Waals surface area contributed by atoms with Crippen LogP contribution in [0.1, 0.15) is 6.92 Å². The predicted molar refractivity (Wildman–Crippen MR) is 37.0 cm³/mol. The SMILES string of the molecule is CNC(=O)/C=C/NC(C)=O. The Hall–Kier alpha value is -1.32. The second kappa shape index (κ2) is 4.55. The topological polar surface area (TPSA) is 58.2 Å². The molecular weight excluding hydrogens is 132 g/mol. The molecule has 0 aliphatic carbocycles.